The van der Waals surface area contributed by atoms with Crippen molar-refractivity contribution in [1.29, 1.82) is 0 Å². The largest absolute Gasteiger partial charge is 0.472 e. The molecule has 0 heterocycles. The highest BCUT2D eigenvalue weighted by molar-refractivity contribution is 7.47. The molecule has 1 rings (SSSR count). The lowest BCUT2D eigenvalue weighted by Crippen LogP contribution is -2.64. The smallest absolute Gasteiger partial charge is 0.462 e. The van der Waals surface area contributed by atoms with Gasteiger partial charge in [0.25, 0.3) is 0 Å². The lowest BCUT2D eigenvalue weighted by molar-refractivity contribution is -0.220. The first kappa shape index (κ1) is 57.5. The molecule has 0 aromatic heterocycles. The summed E-state index contributed by atoms with van der Waals surface area (Å²) in [5.74, 6) is -1.03. The van der Waals surface area contributed by atoms with Crippen LogP contribution in [0.3, 0.4) is 0 Å². The average Bonchev–Trinajstić information content (AvgIpc) is 3.25. The number of ketones is 1. The van der Waals surface area contributed by atoms with Crippen molar-refractivity contribution in [3.63, 3.8) is 0 Å². The van der Waals surface area contributed by atoms with Crippen LogP contribution in [0, 0.1) is 0 Å². The summed E-state index contributed by atoms with van der Waals surface area (Å²) in [6, 6.07) is 0. The van der Waals surface area contributed by atoms with Gasteiger partial charge in [-0.1, -0.05) is 133 Å². The van der Waals surface area contributed by atoms with Gasteiger partial charge >= 0.3 is 19.8 Å². The molecule has 0 amide bonds. The molecule has 8 atom stereocenters. The summed E-state index contributed by atoms with van der Waals surface area (Å²) >= 11 is 0. The van der Waals surface area contributed by atoms with Crippen LogP contribution in [0.15, 0.2) is 48.6 Å². The lowest BCUT2D eigenvalue weighted by atomic mass is 9.85. The van der Waals surface area contributed by atoms with Gasteiger partial charge in [0.05, 0.1) is 6.61 Å². The molecule has 6 N–H and O–H groups in total. The summed E-state index contributed by atoms with van der Waals surface area (Å²) in [5.41, 5.74) is 0. The number of esters is 2. The maximum Gasteiger partial charge on any atom is 0.472 e. The Morgan fingerprint density at radius 1 is 0.548 bits per heavy atom. The molecule has 0 bridgehead atoms. The minimum Gasteiger partial charge on any atom is -0.462 e. The van der Waals surface area contributed by atoms with Crippen LogP contribution < -0.4 is 0 Å². The second kappa shape index (κ2) is 36.8. The highest BCUT2D eigenvalue weighted by Crippen LogP contribution is 2.47. The second-order valence-electron chi connectivity index (χ2n) is 16.3. The van der Waals surface area contributed by atoms with E-state index in [-0.39, 0.29) is 18.6 Å². The van der Waals surface area contributed by atoms with Crippen LogP contribution in [0.25, 0.3) is 0 Å². The van der Waals surface area contributed by atoms with Crippen LogP contribution in [-0.4, -0.2) is 104 Å². The maximum absolute atomic E-state index is 12.8. The van der Waals surface area contributed by atoms with Crippen molar-refractivity contribution in [3.8, 4) is 0 Å². The van der Waals surface area contributed by atoms with Gasteiger partial charge in [0, 0.05) is 19.3 Å². The third kappa shape index (κ3) is 29.0. The van der Waals surface area contributed by atoms with E-state index >= 15 is 0 Å². The van der Waals surface area contributed by atoms with E-state index in [0.717, 1.165) is 109 Å². The van der Waals surface area contributed by atoms with Crippen molar-refractivity contribution in [3.05, 3.63) is 48.6 Å². The van der Waals surface area contributed by atoms with Crippen LogP contribution in [-0.2, 0) is 37.5 Å². The number of aliphatic hydroxyl groups is 5. The third-order valence-electron chi connectivity index (χ3n) is 10.6. The zero-order valence-corrected chi connectivity index (χ0v) is 38.5. The lowest BCUT2D eigenvalue weighted by Gasteiger charge is -2.41. The summed E-state index contributed by atoms with van der Waals surface area (Å²) in [6.07, 6.45) is 25.6. The number of hydrogen-bond acceptors (Lipinski definition) is 13. The normalized spacial score (nSPS) is 22.2. The first-order valence-corrected chi connectivity index (χ1v) is 24.9. The van der Waals surface area contributed by atoms with Crippen LogP contribution in [0.2, 0.25) is 0 Å². The van der Waals surface area contributed by atoms with Gasteiger partial charge in [-0.15, -0.1) is 0 Å². The number of allylic oxidation sites excluding steroid dienone is 8. The van der Waals surface area contributed by atoms with Gasteiger partial charge in [-0.05, 0) is 70.3 Å². The molecule has 1 aliphatic carbocycles. The van der Waals surface area contributed by atoms with Crippen molar-refractivity contribution in [1.82, 2.24) is 0 Å². The van der Waals surface area contributed by atoms with E-state index in [0.29, 0.717) is 19.3 Å². The molecule has 358 valence electrons. The molecule has 0 radical (unpaired) electrons. The third-order valence-corrected chi connectivity index (χ3v) is 11.6. The molecule has 1 aliphatic rings. The summed E-state index contributed by atoms with van der Waals surface area (Å²) in [6.45, 7) is 3.08. The Morgan fingerprint density at radius 2 is 1.02 bits per heavy atom. The minimum absolute atomic E-state index is 0.0425. The van der Waals surface area contributed by atoms with E-state index in [4.69, 9.17) is 18.5 Å². The molecule has 0 aliphatic heterocycles. The number of phosphoric acid groups is 1. The Hall–Kier alpha value is -2.52. The van der Waals surface area contributed by atoms with E-state index in [2.05, 4.69) is 38.2 Å². The maximum atomic E-state index is 12.8. The van der Waals surface area contributed by atoms with Crippen molar-refractivity contribution >= 4 is 25.5 Å². The number of carbonyl (C=O) groups is 3. The molecule has 1 fully saturated rings. The Morgan fingerprint density at radius 3 is 1.60 bits per heavy atom. The first-order valence-electron chi connectivity index (χ1n) is 23.4. The quantitative estimate of drug-likeness (QED) is 0.00855. The Bertz CT molecular complexity index is 1330. The van der Waals surface area contributed by atoms with E-state index in [1.54, 1.807) is 12.2 Å². The van der Waals surface area contributed by atoms with E-state index in [9.17, 15) is 49.4 Å². The fourth-order valence-electron chi connectivity index (χ4n) is 6.77. The molecule has 1 saturated carbocycles. The van der Waals surface area contributed by atoms with Gasteiger partial charge in [0.2, 0.25) is 0 Å². The van der Waals surface area contributed by atoms with E-state index in [1.807, 2.05) is 12.2 Å². The molecular weight excluding hydrogens is 819 g/mol. The topological polar surface area (TPSA) is 227 Å². The zero-order chi connectivity index (χ0) is 45.9. The number of unbranched alkanes of at least 4 members (excludes halogenated alkanes) is 17. The number of ether oxygens (including phenoxy) is 2. The molecular formula is C47H81O14P. The molecule has 3 unspecified atom stereocenters. The fourth-order valence-corrected chi connectivity index (χ4v) is 7.74. The number of hydrogen-bond donors (Lipinski definition) is 6. The second-order valence-corrected chi connectivity index (χ2v) is 17.7. The summed E-state index contributed by atoms with van der Waals surface area (Å²) in [5, 5.41) is 50.1. The van der Waals surface area contributed by atoms with Crippen LogP contribution in [0.4, 0.5) is 0 Å². The van der Waals surface area contributed by atoms with E-state index < -0.39 is 75.7 Å². The highest BCUT2D eigenvalue weighted by Gasteiger charge is 2.51. The van der Waals surface area contributed by atoms with Crippen molar-refractivity contribution in [2.45, 2.75) is 217 Å². The van der Waals surface area contributed by atoms with Gasteiger partial charge < -0.3 is 39.9 Å². The Balaban J connectivity index is 2.49. The highest BCUT2D eigenvalue weighted by atomic mass is 31.2. The van der Waals surface area contributed by atoms with Gasteiger partial charge in [-0.25, -0.2) is 4.57 Å². The number of rotatable bonds is 38. The predicted octanol–water partition coefficient (Wildman–Crippen LogP) is 8.35. The molecule has 0 aromatic carbocycles. The Kier molecular flexibility index (Phi) is 34.1. The first-order chi connectivity index (χ1) is 29.8. The fraction of sp³-hybridized carbons (Fsp3) is 0.766. The van der Waals surface area contributed by atoms with Crippen molar-refractivity contribution in [2.24, 2.45) is 0 Å². The standard InChI is InChI=1S/C47H81O14P/c1-3-5-7-8-9-10-11-12-13-14-15-16-17-20-23-26-30-34-40(49)58-36-39(37-59-62(56,57)61-47-45(54)43(52)42(51)44(53)46(47)55)60-41(50)35-31-27-24-21-18-19-22-25-29-33-38(48)32-28-6-4-2/h9-10,12-13,22,25,29,33,39,42-47,51-55H,3-8,11,14-21,23-24,26-28,30-32,34-37H2,1-2H3,(H,56,57)/b10-9-,13-12-,25-22-,33-29+/t39-,42?,43-,44+,45-,46-,47?/m1/s1. The minimum atomic E-state index is -5.14. The van der Waals surface area contributed by atoms with Gasteiger partial charge in [0.15, 0.2) is 11.9 Å². The SMILES string of the molecule is CCCCC/C=C\C/C=C\CCCCCCCCCC(=O)OC[C@H](COP(=O)(O)OC1[C@H](O)[C@H](O)C(O)[C@H](O)[C@H]1O)OC(=O)CCCCCCC/C=C\C=C\C(=O)CCCCC. The number of carbonyl (C=O) groups excluding carboxylic acids is 3. The van der Waals surface area contributed by atoms with Gasteiger partial charge in [-0.3, -0.25) is 23.4 Å². The summed E-state index contributed by atoms with van der Waals surface area (Å²) < 4.78 is 33.5. The molecule has 15 heteroatoms. The molecule has 0 spiro atoms. The van der Waals surface area contributed by atoms with Crippen molar-refractivity contribution < 1.29 is 67.9 Å². The predicted molar refractivity (Wildman–Crippen MR) is 240 cm³/mol. The van der Waals surface area contributed by atoms with Gasteiger partial charge in [-0.2, -0.15) is 0 Å². The van der Waals surface area contributed by atoms with Crippen molar-refractivity contribution in [2.75, 3.05) is 13.2 Å². The van der Waals surface area contributed by atoms with Crippen LogP contribution in [0.5, 0.6) is 0 Å². The van der Waals surface area contributed by atoms with Crippen LogP contribution >= 0.6 is 7.82 Å². The van der Waals surface area contributed by atoms with E-state index in [1.165, 1.54) is 19.3 Å². The number of aliphatic hydroxyl groups excluding tert-OH is 5. The molecule has 14 nitrogen and oxygen atoms in total. The molecule has 0 aromatic rings. The molecule has 62 heavy (non-hydrogen) atoms. The average molecular weight is 901 g/mol. The molecule has 0 saturated heterocycles. The van der Waals surface area contributed by atoms with Crippen LogP contribution in [0.1, 0.15) is 174 Å². The number of phosphoric ester groups is 1. The van der Waals surface area contributed by atoms with Gasteiger partial charge in [0.1, 0.15) is 43.2 Å². The zero-order valence-electron chi connectivity index (χ0n) is 37.6. The summed E-state index contributed by atoms with van der Waals surface area (Å²) in [4.78, 5) is 47.5. The Labute approximate surface area is 371 Å². The summed E-state index contributed by atoms with van der Waals surface area (Å²) in [7, 11) is -5.14. The monoisotopic (exact) mass is 901 g/mol.